The minimum atomic E-state index is -0.835. The van der Waals surface area contributed by atoms with Crippen molar-refractivity contribution in [1.29, 1.82) is 0 Å². The smallest absolute Gasteiger partial charge is 0.307 e. The van der Waals surface area contributed by atoms with Gasteiger partial charge >= 0.3 is 5.97 Å². The quantitative estimate of drug-likeness (QED) is 0.431. The number of fused-ring (bicyclic) bond motifs is 1. The molecular weight excluding hydrogens is 489 g/mol. The molecule has 1 aliphatic heterocycles. The molecule has 2 amide bonds. The minimum Gasteiger partial charge on any atom is -0.497 e. The molecule has 0 radical (unpaired) electrons. The van der Waals surface area contributed by atoms with E-state index in [1.54, 1.807) is 37.3 Å². The van der Waals surface area contributed by atoms with Crippen LogP contribution in [0.2, 0.25) is 0 Å². The molecule has 8 nitrogen and oxygen atoms in total. The van der Waals surface area contributed by atoms with Gasteiger partial charge in [-0.05, 0) is 67.1 Å². The van der Waals surface area contributed by atoms with E-state index in [2.05, 4.69) is 10.6 Å². The first kappa shape index (κ1) is 28.9. The van der Waals surface area contributed by atoms with Gasteiger partial charge in [0.15, 0.2) is 0 Å². The molecule has 0 saturated heterocycles. The zero-order valence-corrected chi connectivity index (χ0v) is 22.8. The monoisotopic (exact) mass is 527 g/mol. The molecule has 0 spiro atoms. The van der Waals surface area contributed by atoms with Gasteiger partial charge in [-0.3, -0.25) is 14.4 Å². The van der Waals surface area contributed by atoms with Gasteiger partial charge in [0, 0.05) is 24.3 Å². The Bertz CT molecular complexity index is 1150. The summed E-state index contributed by atoms with van der Waals surface area (Å²) in [6, 6.07) is 9.94. The highest BCUT2D eigenvalue weighted by atomic mass is 19.1. The van der Waals surface area contributed by atoms with Crippen LogP contribution in [0.3, 0.4) is 0 Å². The fourth-order valence-corrected chi connectivity index (χ4v) is 4.61. The number of carbonyl (C=O) groups excluding carboxylic acids is 3. The van der Waals surface area contributed by atoms with Crippen molar-refractivity contribution in [3.8, 4) is 5.75 Å². The number of anilines is 1. The number of ether oxygens (including phenoxy) is 2. The van der Waals surface area contributed by atoms with Crippen LogP contribution in [0.1, 0.15) is 56.5 Å². The molecule has 0 saturated carbocycles. The van der Waals surface area contributed by atoms with Gasteiger partial charge in [0.05, 0.1) is 26.2 Å². The van der Waals surface area contributed by atoms with Crippen LogP contribution in [0.5, 0.6) is 5.75 Å². The third kappa shape index (κ3) is 8.19. The fraction of sp³-hybridized carbons (Fsp3) is 0.483. The molecule has 2 N–H and O–H groups in total. The van der Waals surface area contributed by atoms with Gasteiger partial charge in [0.2, 0.25) is 5.91 Å². The number of hydrogen-bond acceptors (Lipinski definition) is 6. The predicted octanol–water partition coefficient (Wildman–Crippen LogP) is 3.87. The largest absolute Gasteiger partial charge is 0.497 e. The molecule has 0 fully saturated rings. The Morgan fingerprint density at radius 1 is 1.11 bits per heavy atom. The number of halogens is 1. The minimum absolute atomic E-state index is 0.0291. The van der Waals surface area contributed by atoms with Crippen LogP contribution in [0, 0.1) is 11.2 Å². The van der Waals surface area contributed by atoms with Gasteiger partial charge in [-0.25, -0.2) is 4.39 Å². The number of rotatable bonds is 11. The van der Waals surface area contributed by atoms with Crippen LogP contribution in [0.25, 0.3) is 0 Å². The van der Waals surface area contributed by atoms with Gasteiger partial charge in [0.25, 0.3) is 5.91 Å². The second-order valence-corrected chi connectivity index (χ2v) is 10.7. The summed E-state index contributed by atoms with van der Waals surface area (Å²) in [5.41, 5.74) is 1.88. The summed E-state index contributed by atoms with van der Waals surface area (Å²) in [4.78, 5) is 41.0. The second-order valence-electron chi connectivity index (χ2n) is 10.7. The van der Waals surface area contributed by atoms with Crippen molar-refractivity contribution in [2.24, 2.45) is 5.41 Å². The Hall–Kier alpha value is -3.62. The molecule has 0 aromatic heterocycles. The van der Waals surface area contributed by atoms with Crippen molar-refractivity contribution in [3.05, 3.63) is 59.4 Å². The number of benzene rings is 2. The predicted molar refractivity (Wildman–Crippen MR) is 144 cm³/mol. The molecule has 1 aliphatic rings. The number of carbonyl (C=O) groups is 3. The number of esters is 1. The normalized spacial score (nSPS) is 14.3. The molecule has 2 aromatic rings. The number of nitrogens with zero attached hydrogens (tertiary/aromatic N) is 1. The van der Waals surface area contributed by atoms with E-state index in [1.165, 1.54) is 19.2 Å². The second kappa shape index (κ2) is 12.8. The van der Waals surface area contributed by atoms with E-state index in [0.717, 1.165) is 11.3 Å². The van der Waals surface area contributed by atoms with E-state index in [0.29, 0.717) is 37.2 Å². The van der Waals surface area contributed by atoms with Crippen LogP contribution in [0.4, 0.5) is 10.1 Å². The van der Waals surface area contributed by atoms with Crippen molar-refractivity contribution in [1.82, 2.24) is 10.6 Å². The van der Waals surface area contributed by atoms with E-state index in [-0.39, 0.29) is 30.2 Å². The van der Waals surface area contributed by atoms with Crippen LogP contribution in [-0.2, 0) is 20.7 Å². The number of hydrogen-bond donors (Lipinski definition) is 2. The Kier molecular flexibility index (Phi) is 9.72. The number of amides is 2. The molecule has 3 rings (SSSR count). The standard InChI is InChI=1S/C29H38FN3O5/c1-6-38-26(34)16-22(18-33-13-12-19-14-21(30)10-11-25(19)33)31-28(36)24(17-29(2,3)4)32-27(35)20-8-7-9-23(15-20)37-5/h7-11,14-15,22,24H,6,12-13,16-18H2,1-5H3,(H,31,36)(H,32,35)/t22-,24-/m0/s1. The molecule has 9 heteroatoms. The summed E-state index contributed by atoms with van der Waals surface area (Å²) in [6.07, 6.45) is 1.03. The van der Waals surface area contributed by atoms with E-state index in [4.69, 9.17) is 9.47 Å². The van der Waals surface area contributed by atoms with Gasteiger partial charge in [-0.2, -0.15) is 0 Å². The highest BCUT2D eigenvalue weighted by Crippen LogP contribution is 2.29. The van der Waals surface area contributed by atoms with E-state index < -0.39 is 24.0 Å². The summed E-state index contributed by atoms with van der Waals surface area (Å²) in [5, 5.41) is 5.84. The Balaban J connectivity index is 1.78. The zero-order chi connectivity index (χ0) is 27.9. The zero-order valence-electron chi connectivity index (χ0n) is 22.8. The SMILES string of the molecule is CCOC(=O)C[C@@H](CN1CCc2cc(F)ccc21)NC(=O)[C@H](CC(C)(C)C)NC(=O)c1cccc(OC)c1. The molecule has 2 aromatic carbocycles. The Morgan fingerprint density at radius 3 is 2.55 bits per heavy atom. The van der Waals surface area contributed by atoms with Gasteiger partial charge in [0.1, 0.15) is 17.6 Å². The number of nitrogens with one attached hydrogen (secondary N) is 2. The van der Waals surface area contributed by atoms with E-state index in [9.17, 15) is 18.8 Å². The first-order chi connectivity index (χ1) is 18.0. The average Bonchev–Trinajstić information content (AvgIpc) is 3.24. The van der Waals surface area contributed by atoms with Crippen LogP contribution >= 0.6 is 0 Å². The van der Waals surface area contributed by atoms with Crippen molar-refractivity contribution in [2.45, 2.75) is 59.0 Å². The van der Waals surface area contributed by atoms with Crippen LogP contribution < -0.4 is 20.3 Å². The highest BCUT2D eigenvalue weighted by molar-refractivity contribution is 5.98. The molecule has 1 heterocycles. The summed E-state index contributed by atoms with van der Waals surface area (Å²) in [5.74, 6) is -0.965. The highest BCUT2D eigenvalue weighted by Gasteiger charge is 2.31. The lowest BCUT2D eigenvalue weighted by Gasteiger charge is -2.30. The summed E-state index contributed by atoms with van der Waals surface area (Å²) < 4.78 is 24.1. The maximum Gasteiger partial charge on any atom is 0.307 e. The Morgan fingerprint density at radius 2 is 1.87 bits per heavy atom. The van der Waals surface area contributed by atoms with Crippen molar-refractivity contribution in [3.63, 3.8) is 0 Å². The molecule has 206 valence electrons. The average molecular weight is 528 g/mol. The van der Waals surface area contributed by atoms with E-state index in [1.807, 2.05) is 25.7 Å². The molecule has 0 aliphatic carbocycles. The molecular formula is C29H38FN3O5. The van der Waals surface area contributed by atoms with Gasteiger partial charge in [-0.1, -0.05) is 26.8 Å². The third-order valence-corrected chi connectivity index (χ3v) is 6.31. The summed E-state index contributed by atoms with van der Waals surface area (Å²) in [7, 11) is 1.52. The molecule has 2 atom stereocenters. The van der Waals surface area contributed by atoms with Crippen LogP contribution in [-0.4, -0.2) is 56.7 Å². The lowest BCUT2D eigenvalue weighted by molar-refractivity contribution is -0.143. The van der Waals surface area contributed by atoms with Crippen molar-refractivity contribution < 1.29 is 28.2 Å². The van der Waals surface area contributed by atoms with Gasteiger partial charge < -0.3 is 25.0 Å². The summed E-state index contributed by atoms with van der Waals surface area (Å²) >= 11 is 0. The fourth-order valence-electron chi connectivity index (χ4n) is 4.61. The maximum atomic E-state index is 13.7. The van der Waals surface area contributed by atoms with Crippen molar-refractivity contribution in [2.75, 3.05) is 31.7 Å². The lowest BCUT2D eigenvalue weighted by atomic mass is 9.87. The first-order valence-electron chi connectivity index (χ1n) is 12.9. The first-order valence-corrected chi connectivity index (χ1v) is 12.9. The topological polar surface area (TPSA) is 97.0 Å². The maximum absolute atomic E-state index is 13.7. The molecule has 0 unspecified atom stereocenters. The summed E-state index contributed by atoms with van der Waals surface area (Å²) in [6.45, 7) is 8.91. The third-order valence-electron chi connectivity index (χ3n) is 6.31. The number of methoxy groups -OCH3 is 1. The molecule has 38 heavy (non-hydrogen) atoms. The lowest BCUT2D eigenvalue weighted by Crippen LogP contribution is -2.53. The van der Waals surface area contributed by atoms with E-state index >= 15 is 0 Å². The molecule has 0 bridgehead atoms. The van der Waals surface area contributed by atoms with Crippen LogP contribution in [0.15, 0.2) is 42.5 Å². The van der Waals surface area contributed by atoms with Crippen molar-refractivity contribution >= 4 is 23.5 Å². The van der Waals surface area contributed by atoms with Gasteiger partial charge in [-0.15, -0.1) is 0 Å². The Labute approximate surface area is 223 Å².